The summed E-state index contributed by atoms with van der Waals surface area (Å²) in [5, 5.41) is 11.9. The van der Waals surface area contributed by atoms with Crippen LogP contribution in [0.4, 0.5) is 0 Å². The first-order valence-electron chi connectivity index (χ1n) is 9.65. The maximum atomic E-state index is 11.2. The van der Waals surface area contributed by atoms with Crippen LogP contribution in [-0.4, -0.2) is 16.9 Å². The second-order valence-electron chi connectivity index (χ2n) is 7.03. The Balaban J connectivity index is 2.50. The molecule has 0 fully saturated rings. The van der Waals surface area contributed by atoms with Crippen molar-refractivity contribution in [1.29, 1.82) is 0 Å². The third-order valence-corrected chi connectivity index (χ3v) is 16.8. The first kappa shape index (κ1) is 20.3. The van der Waals surface area contributed by atoms with E-state index in [-0.39, 0.29) is 5.66 Å². The summed E-state index contributed by atoms with van der Waals surface area (Å²) >= 11 is 4.46. The number of aliphatic hydroxyl groups excluding tert-OH is 1. The Labute approximate surface area is 171 Å². The van der Waals surface area contributed by atoms with Gasteiger partial charge in [-0.2, -0.15) is 0 Å². The van der Waals surface area contributed by atoms with E-state index in [9.17, 15) is 5.11 Å². The van der Waals surface area contributed by atoms with E-state index in [0.29, 0.717) is 0 Å². The van der Waals surface area contributed by atoms with Gasteiger partial charge in [-0.25, -0.2) is 0 Å². The van der Waals surface area contributed by atoms with Crippen LogP contribution in [0.1, 0.15) is 26.7 Å². The predicted octanol–water partition coefficient (Wildman–Crippen LogP) is 5.38. The molecule has 3 rings (SSSR count). The van der Waals surface area contributed by atoms with Crippen LogP contribution in [0.5, 0.6) is 0 Å². The molecule has 2 atom stereocenters. The first-order valence-corrected chi connectivity index (χ1v) is 14.0. The molecule has 0 bridgehead atoms. The zero-order chi connectivity index (χ0) is 19.4. The molecule has 3 aromatic rings. The molecule has 0 radical (unpaired) electrons. The van der Waals surface area contributed by atoms with Crippen molar-refractivity contribution < 1.29 is 5.11 Å². The fourth-order valence-corrected chi connectivity index (χ4v) is 14.1. The predicted molar refractivity (Wildman–Crippen MR) is 124 cm³/mol. The molecule has 2 unspecified atom stereocenters. The summed E-state index contributed by atoms with van der Waals surface area (Å²) in [6.07, 6.45) is 1.22. The molecule has 3 heteroatoms. The SMILES string of the molecule is CCC(O)C(CC)P(Br)(c1ccccc1)(c1ccccc1)c1ccccc1. The van der Waals surface area contributed by atoms with Crippen LogP contribution in [0.15, 0.2) is 91.0 Å². The summed E-state index contributed by atoms with van der Waals surface area (Å²) in [7, 11) is 0. The first-order chi connectivity index (χ1) is 13.1. The van der Waals surface area contributed by atoms with Crippen LogP contribution in [0, 0.1) is 0 Å². The van der Waals surface area contributed by atoms with E-state index in [1.165, 1.54) is 15.9 Å². The van der Waals surface area contributed by atoms with E-state index in [4.69, 9.17) is 0 Å². The second kappa shape index (κ2) is 8.27. The maximum absolute atomic E-state index is 11.2. The molecule has 27 heavy (non-hydrogen) atoms. The zero-order valence-electron chi connectivity index (χ0n) is 16.0. The standard InChI is InChI=1S/C24H28BrOP/c1-3-23(26)24(4-2)27(25,20-14-8-5-9-15-20,21-16-10-6-11-17-21)22-18-12-7-13-19-22/h5-19,23-24,26H,3-4H2,1-2H3. The molecule has 1 N–H and O–H groups in total. The van der Waals surface area contributed by atoms with Crippen LogP contribution in [-0.2, 0) is 0 Å². The van der Waals surface area contributed by atoms with Crippen LogP contribution in [0.2, 0.25) is 0 Å². The number of hydrogen-bond acceptors (Lipinski definition) is 1. The number of hydrogen-bond donors (Lipinski definition) is 1. The average molecular weight is 443 g/mol. The van der Waals surface area contributed by atoms with Crippen molar-refractivity contribution in [3.8, 4) is 0 Å². The monoisotopic (exact) mass is 442 g/mol. The third-order valence-electron chi connectivity index (χ3n) is 5.69. The van der Waals surface area contributed by atoms with Crippen LogP contribution >= 0.6 is 20.8 Å². The van der Waals surface area contributed by atoms with E-state index in [1.54, 1.807) is 0 Å². The van der Waals surface area contributed by atoms with Gasteiger partial charge in [-0.3, -0.25) is 0 Å². The Morgan fingerprint density at radius 3 is 1.26 bits per heavy atom. The topological polar surface area (TPSA) is 20.2 Å². The molecule has 0 aliphatic rings. The molecule has 0 heterocycles. The number of aliphatic hydroxyl groups is 1. The van der Waals surface area contributed by atoms with E-state index < -0.39 is 11.4 Å². The average Bonchev–Trinajstić information content (AvgIpc) is 2.75. The minimum absolute atomic E-state index is 0.0770. The van der Waals surface area contributed by atoms with E-state index >= 15 is 0 Å². The van der Waals surface area contributed by atoms with E-state index in [2.05, 4.69) is 120 Å². The normalized spacial score (nSPS) is 15.5. The van der Waals surface area contributed by atoms with Gasteiger partial charge in [0.1, 0.15) is 0 Å². The fourth-order valence-electron chi connectivity index (χ4n) is 4.39. The van der Waals surface area contributed by atoms with Crippen molar-refractivity contribution in [1.82, 2.24) is 0 Å². The Morgan fingerprint density at radius 2 is 1.00 bits per heavy atom. The molecule has 0 aromatic heterocycles. The van der Waals surface area contributed by atoms with Crippen LogP contribution in [0.25, 0.3) is 0 Å². The van der Waals surface area contributed by atoms with Crippen molar-refractivity contribution >= 4 is 36.7 Å². The molecule has 1 nitrogen and oxygen atoms in total. The van der Waals surface area contributed by atoms with Gasteiger partial charge in [0, 0.05) is 0 Å². The van der Waals surface area contributed by atoms with Gasteiger partial charge in [-0.1, -0.05) is 0 Å². The molecule has 0 saturated heterocycles. The van der Waals surface area contributed by atoms with Gasteiger partial charge in [0.2, 0.25) is 0 Å². The van der Waals surface area contributed by atoms with E-state index in [1.807, 2.05) is 0 Å². The summed E-state index contributed by atoms with van der Waals surface area (Å²) in [6.45, 7) is 4.27. The summed E-state index contributed by atoms with van der Waals surface area (Å²) in [5.41, 5.74) is 0.0770. The van der Waals surface area contributed by atoms with Crippen molar-refractivity contribution in [2.45, 2.75) is 38.5 Å². The van der Waals surface area contributed by atoms with Crippen molar-refractivity contribution in [3.63, 3.8) is 0 Å². The van der Waals surface area contributed by atoms with Gasteiger partial charge in [0.15, 0.2) is 0 Å². The van der Waals surface area contributed by atoms with Gasteiger partial charge < -0.3 is 0 Å². The molecule has 0 spiro atoms. The summed E-state index contributed by atoms with van der Waals surface area (Å²) in [6, 6.07) is 32.1. The molecule has 0 saturated carbocycles. The quantitative estimate of drug-likeness (QED) is 0.487. The molecule has 0 amide bonds. The zero-order valence-corrected chi connectivity index (χ0v) is 18.5. The molecular weight excluding hydrogens is 415 g/mol. The number of halogens is 1. The minimum atomic E-state index is -3.09. The van der Waals surface area contributed by atoms with E-state index in [0.717, 1.165) is 12.8 Å². The van der Waals surface area contributed by atoms with Crippen molar-refractivity contribution in [2.75, 3.05) is 0 Å². The third kappa shape index (κ3) is 3.18. The molecule has 0 aliphatic carbocycles. The van der Waals surface area contributed by atoms with Crippen molar-refractivity contribution in [2.24, 2.45) is 0 Å². The van der Waals surface area contributed by atoms with Crippen LogP contribution < -0.4 is 15.9 Å². The Morgan fingerprint density at radius 1 is 0.667 bits per heavy atom. The summed E-state index contributed by atoms with van der Waals surface area (Å²) < 4.78 is 0. The van der Waals surface area contributed by atoms with Gasteiger partial charge in [0.05, 0.1) is 0 Å². The summed E-state index contributed by atoms with van der Waals surface area (Å²) in [4.78, 5) is 0. The van der Waals surface area contributed by atoms with Gasteiger partial charge in [0.25, 0.3) is 0 Å². The number of rotatable bonds is 7. The van der Waals surface area contributed by atoms with Crippen molar-refractivity contribution in [3.05, 3.63) is 91.0 Å². The van der Waals surface area contributed by atoms with Crippen LogP contribution in [0.3, 0.4) is 0 Å². The van der Waals surface area contributed by atoms with Gasteiger partial charge in [-0.05, 0) is 0 Å². The molecule has 142 valence electrons. The Bertz CT molecular complexity index is 752. The molecular formula is C24H28BrOP. The van der Waals surface area contributed by atoms with Gasteiger partial charge >= 0.3 is 171 Å². The van der Waals surface area contributed by atoms with Gasteiger partial charge in [-0.15, -0.1) is 0 Å². The fraction of sp³-hybridized carbons (Fsp3) is 0.250. The Kier molecular flexibility index (Phi) is 6.21. The number of benzene rings is 3. The second-order valence-corrected chi connectivity index (χ2v) is 15.8. The molecule has 3 aromatic carbocycles. The molecule has 0 aliphatic heterocycles. The summed E-state index contributed by atoms with van der Waals surface area (Å²) in [5.74, 6) is 0. The Hall–Kier alpha value is -1.47.